The number of piperidine rings is 1. The van der Waals surface area contributed by atoms with Crippen molar-refractivity contribution in [2.24, 2.45) is 0 Å². The fraction of sp³-hybridized carbons (Fsp3) is 0.286. The van der Waals surface area contributed by atoms with Gasteiger partial charge >= 0.3 is 0 Å². The van der Waals surface area contributed by atoms with Crippen molar-refractivity contribution in [2.45, 2.75) is 26.2 Å². The maximum absolute atomic E-state index is 12.4. The highest BCUT2D eigenvalue weighted by atomic mass is 32.2. The summed E-state index contributed by atoms with van der Waals surface area (Å²) in [6.07, 6.45) is 2.81. The highest BCUT2D eigenvalue weighted by Crippen LogP contribution is 2.22. The number of imide groups is 1. The van der Waals surface area contributed by atoms with Gasteiger partial charge in [-0.15, -0.1) is 10.2 Å². The van der Waals surface area contributed by atoms with Crippen LogP contribution in [0.15, 0.2) is 48.7 Å². The molecule has 12 heteroatoms. The topological polar surface area (TPSA) is 136 Å². The molecule has 1 fully saturated rings. The maximum Gasteiger partial charge on any atom is 0.238 e. The minimum Gasteiger partial charge on any atom is -0.438 e. The second-order valence-electron chi connectivity index (χ2n) is 7.47. The zero-order valence-electron chi connectivity index (χ0n) is 17.8. The Bertz CT molecular complexity index is 1240. The van der Waals surface area contributed by atoms with Crippen molar-refractivity contribution < 1.29 is 22.7 Å². The number of nitrogens with one attached hydrogen (secondary N) is 1. The quantitative estimate of drug-likeness (QED) is 0.494. The van der Waals surface area contributed by atoms with Crippen molar-refractivity contribution in [1.29, 1.82) is 0 Å². The summed E-state index contributed by atoms with van der Waals surface area (Å²) in [7, 11) is -3.75. The third-order valence-corrected chi connectivity index (χ3v) is 6.17. The minimum absolute atomic E-state index is 0.166. The van der Waals surface area contributed by atoms with E-state index in [-0.39, 0.29) is 42.8 Å². The van der Waals surface area contributed by atoms with E-state index in [9.17, 15) is 18.0 Å². The van der Waals surface area contributed by atoms with Crippen molar-refractivity contribution in [2.75, 3.05) is 17.0 Å². The van der Waals surface area contributed by atoms with Crippen LogP contribution in [0.1, 0.15) is 25.0 Å². The summed E-state index contributed by atoms with van der Waals surface area (Å²) in [5.41, 5.74) is 1.19. The fourth-order valence-electron chi connectivity index (χ4n) is 3.24. The molecule has 4 rings (SSSR count). The fourth-order valence-corrected chi connectivity index (χ4v) is 4.26. The first-order valence-electron chi connectivity index (χ1n) is 10.3. The predicted molar refractivity (Wildman–Crippen MR) is 118 cm³/mol. The smallest absolute Gasteiger partial charge is 0.238 e. The summed E-state index contributed by atoms with van der Waals surface area (Å²) < 4.78 is 34.4. The van der Waals surface area contributed by atoms with Crippen LogP contribution in [-0.4, -0.2) is 57.4 Å². The third-order valence-electron chi connectivity index (χ3n) is 4.90. The molecule has 172 valence electrons. The summed E-state index contributed by atoms with van der Waals surface area (Å²) in [6.45, 7) is 1.71. The molecule has 1 aromatic carbocycles. The molecule has 0 atom stereocenters. The third kappa shape index (κ3) is 5.71. The molecule has 0 aliphatic carbocycles. The highest BCUT2D eigenvalue weighted by Gasteiger charge is 2.27. The van der Waals surface area contributed by atoms with Crippen LogP contribution in [0.2, 0.25) is 0 Å². The summed E-state index contributed by atoms with van der Waals surface area (Å²) in [4.78, 5) is 24.7. The van der Waals surface area contributed by atoms with Gasteiger partial charge in [0.1, 0.15) is 5.75 Å². The van der Waals surface area contributed by atoms with Gasteiger partial charge in [0.25, 0.3) is 0 Å². The Morgan fingerprint density at radius 1 is 1.00 bits per heavy atom. The van der Waals surface area contributed by atoms with E-state index in [1.165, 1.54) is 0 Å². The van der Waals surface area contributed by atoms with Crippen LogP contribution in [0, 0.1) is 6.92 Å². The Hall–Kier alpha value is -3.80. The molecule has 1 aliphatic heterocycles. The number of carbonyl (C=O) groups excluding carboxylic acids is 2. The Kier molecular flexibility index (Phi) is 6.36. The first-order chi connectivity index (χ1) is 15.8. The molecule has 3 heterocycles. The molecular weight excluding hydrogens is 448 g/mol. The lowest BCUT2D eigenvalue weighted by Crippen LogP contribution is -2.43. The van der Waals surface area contributed by atoms with Gasteiger partial charge in [0.15, 0.2) is 5.82 Å². The van der Waals surface area contributed by atoms with Crippen LogP contribution in [-0.2, 0) is 19.6 Å². The van der Waals surface area contributed by atoms with E-state index in [4.69, 9.17) is 4.74 Å². The predicted octanol–water partition coefficient (Wildman–Crippen LogP) is 2.04. The van der Waals surface area contributed by atoms with Gasteiger partial charge in [-0.25, -0.2) is 13.1 Å². The van der Waals surface area contributed by atoms with Gasteiger partial charge in [-0.05, 0) is 49.7 Å². The summed E-state index contributed by atoms with van der Waals surface area (Å²) >= 11 is 0. The van der Waals surface area contributed by atoms with Gasteiger partial charge in [-0.2, -0.15) is 5.10 Å². The average Bonchev–Trinajstić information content (AvgIpc) is 3.21. The van der Waals surface area contributed by atoms with Crippen LogP contribution in [0.4, 0.5) is 5.69 Å². The second kappa shape index (κ2) is 9.36. The number of anilines is 1. The molecule has 0 radical (unpaired) electrons. The van der Waals surface area contributed by atoms with E-state index in [0.29, 0.717) is 23.7 Å². The summed E-state index contributed by atoms with van der Waals surface area (Å²) in [5, 5.41) is 12.4. The Labute approximate surface area is 190 Å². The summed E-state index contributed by atoms with van der Waals surface area (Å²) in [5.74, 6) is 0.220. The van der Waals surface area contributed by atoms with Gasteiger partial charge in [0.05, 0.1) is 11.4 Å². The van der Waals surface area contributed by atoms with Crippen molar-refractivity contribution in [3.05, 3.63) is 54.4 Å². The van der Waals surface area contributed by atoms with Crippen LogP contribution in [0.5, 0.6) is 11.6 Å². The van der Waals surface area contributed by atoms with E-state index in [1.54, 1.807) is 47.3 Å². The molecule has 0 spiro atoms. The molecule has 33 heavy (non-hydrogen) atoms. The minimum atomic E-state index is -3.75. The van der Waals surface area contributed by atoms with Gasteiger partial charge < -0.3 is 4.74 Å². The monoisotopic (exact) mass is 470 g/mol. The molecular formula is C21H22N6O5S. The molecule has 2 amide bonds. The number of ether oxygens (including phenoxy) is 1. The van der Waals surface area contributed by atoms with E-state index in [2.05, 4.69) is 20.0 Å². The molecule has 3 aromatic rings. The number of sulfonamides is 1. The SMILES string of the molecule is Cc1ccn(-c2ccc(Oc3ccc(NS(=O)(=O)CCN4C(=O)CCCC4=O)cc3)nn2)n1. The number of hydrogen-bond donors (Lipinski definition) is 1. The van der Waals surface area contributed by atoms with Gasteiger partial charge in [0, 0.05) is 37.3 Å². The molecule has 11 nitrogen and oxygen atoms in total. The van der Waals surface area contributed by atoms with E-state index in [1.807, 2.05) is 13.0 Å². The lowest BCUT2D eigenvalue weighted by Gasteiger charge is -2.24. The average molecular weight is 471 g/mol. The number of likely N-dealkylation sites (tertiary alicyclic amines) is 1. The van der Waals surface area contributed by atoms with Gasteiger partial charge in [0.2, 0.25) is 27.7 Å². The van der Waals surface area contributed by atoms with Gasteiger partial charge in [-0.3, -0.25) is 19.2 Å². The molecule has 0 saturated carbocycles. The number of amides is 2. The van der Waals surface area contributed by atoms with Crippen LogP contribution in [0.25, 0.3) is 5.82 Å². The number of carbonyl (C=O) groups is 2. The molecule has 1 aliphatic rings. The van der Waals surface area contributed by atoms with Gasteiger partial charge in [-0.1, -0.05) is 0 Å². The van der Waals surface area contributed by atoms with Crippen LogP contribution >= 0.6 is 0 Å². The number of nitrogens with zero attached hydrogens (tertiary/aromatic N) is 5. The standard InChI is InChI=1S/C21H22N6O5S/c1-15-11-12-27(24-15)18-9-10-19(23-22-18)32-17-7-5-16(6-8-17)25-33(30,31)14-13-26-20(28)3-2-4-21(26)29/h5-12,25H,2-4,13-14H2,1H3. The molecule has 2 aromatic heterocycles. The lowest BCUT2D eigenvalue weighted by atomic mass is 10.1. The normalized spacial score (nSPS) is 14.4. The van der Waals surface area contributed by atoms with Crippen LogP contribution < -0.4 is 9.46 Å². The van der Waals surface area contributed by atoms with Crippen molar-refractivity contribution in [3.8, 4) is 17.4 Å². The number of rotatable bonds is 8. The zero-order valence-corrected chi connectivity index (χ0v) is 18.7. The molecule has 1 saturated heterocycles. The van der Waals surface area contributed by atoms with E-state index in [0.717, 1.165) is 10.6 Å². The Morgan fingerprint density at radius 2 is 1.73 bits per heavy atom. The van der Waals surface area contributed by atoms with Crippen molar-refractivity contribution in [1.82, 2.24) is 24.9 Å². The molecule has 0 unspecified atom stereocenters. The van der Waals surface area contributed by atoms with Crippen LogP contribution in [0.3, 0.4) is 0 Å². The molecule has 1 N–H and O–H groups in total. The first-order valence-corrected chi connectivity index (χ1v) is 11.9. The largest absolute Gasteiger partial charge is 0.438 e. The van der Waals surface area contributed by atoms with E-state index >= 15 is 0 Å². The van der Waals surface area contributed by atoms with Crippen molar-refractivity contribution >= 4 is 27.5 Å². The Balaban J connectivity index is 1.33. The van der Waals surface area contributed by atoms with E-state index < -0.39 is 10.0 Å². The lowest BCUT2D eigenvalue weighted by molar-refractivity contribution is -0.147. The number of benzene rings is 1. The number of hydrogen-bond acceptors (Lipinski definition) is 8. The first kappa shape index (κ1) is 22.4. The highest BCUT2D eigenvalue weighted by molar-refractivity contribution is 7.92. The molecule has 0 bridgehead atoms. The number of aromatic nitrogens is 4. The maximum atomic E-state index is 12.4. The second-order valence-corrected chi connectivity index (χ2v) is 9.31. The Morgan fingerprint density at radius 3 is 2.33 bits per heavy atom. The number of aryl methyl sites for hydroxylation is 1. The summed E-state index contributed by atoms with van der Waals surface area (Å²) in [6, 6.07) is 11.5. The zero-order chi connectivity index (χ0) is 23.4. The van der Waals surface area contributed by atoms with Crippen molar-refractivity contribution in [3.63, 3.8) is 0 Å².